The highest BCUT2D eigenvalue weighted by Gasteiger charge is 2.16. The molecule has 3 rings (SSSR count). The average molecular weight is 589 g/mol. The zero-order chi connectivity index (χ0) is 29.1. The molecule has 0 saturated heterocycles. The van der Waals surface area contributed by atoms with Crippen molar-refractivity contribution in [2.45, 2.75) is 83.0 Å². The smallest absolute Gasteiger partial charge is 0.238 e. The lowest BCUT2D eigenvalue weighted by molar-refractivity contribution is -0.117. The second-order valence-electron chi connectivity index (χ2n) is 9.52. The molecule has 0 spiro atoms. The molecule has 0 unspecified atom stereocenters. The Morgan fingerprint density at radius 1 is 0.900 bits per heavy atom. The molecule has 2 amide bonds. The SMILES string of the molecule is CCCCCCC(=O)Nc1cc(/N=N/c2snc3ccc(S(N)(=O)=O)cc23)cc(NC(=O)CCCCCC)c1O. The fourth-order valence-corrected chi connectivity index (χ4v) is 5.20. The van der Waals surface area contributed by atoms with Crippen LogP contribution in [0, 0.1) is 0 Å². The first-order chi connectivity index (χ1) is 19.1. The van der Waals surface area contributed by atoms with Gasteiger partial charge in [-0.1, -0.05) is 52.4 Å². The van der Waals surface area contributed by atoms with E-state index in [1.165, 1.54) is 30.3 Å². The van der Waals surface area contributed by atoms with Crippen molar-refractivity contribution < 1.29 is 23.1 Å². The number of anilines is 2. The van der Waals surface area contributed by atoms with Crippen LogP contribution in [0.4, 0.5) is 22.1 Å². The van der Waals surface area contributed by atoms with Crippen molar-refractivity contribution in [3.8, 4) is 5.75 Å². The zero-order valence-electron chi connectivity index (χ0n) is 22.8. The topological polar surface area (TPSA) is 176 Å². The summed E-state index contributed by atoms with van der Waals surface area (Å²) in [4.78, 5) is 25.0. The van der Waals surface area contributed by atoms with E-state index in [0.29, 0.717) is 28.7 Å². The van der Waals surface area contributed by atoms with E-state index in [-0.39, 0.29) is 39.5 Å². The van der Waals surface area contributed by atoms with E-state index in [1.807, 2.05) is 0 Å². The normalized spacial score (nSPS) is 11.8. The highest BCUT2D eigenvalue weighted by Crippen LogP contribution is 2.39. The molecule has 11 nitrogen and oxygen atoms in total. The number of amides is 2. The van der Waals surface area contributed by atoms with E-state index in [0.717, 1.165) is 62.9 Å². The predicted octanol–water partition coefficient (Wildman–Crippen LogP) is 6.88. The van der Waals surface area contributed by atoms with E-state index in [4.69, 9.17) is 5.14 Å². The molecule has 1 aromatic heterocycles. The van der Waals surface area contributed by atoms with Gasteiger partial charge in [-0.15, -0.1) is 10.2 Å². The molecule has 0 aliphatic heterocycles. The number of nitrogens with one attached hydrogen (secondary N) is 2. The fraction of sp³-hybridized carbons (Fsp3) is 0.444. The van der Waals surface area contributed by atoms with Crippen molar-refractivity contribution in [3.05, 3.63) is 30.3 Å². The predicted molar refractivity (Wildman–Crippen MR) is 158 cm³/mol. The zero-order valence-corrected chi connectivity index (χ0v) is 24.4. The van der Waals surface area contributed by atoms with Crippen LogP contribution in [0.2, 0.25) is 0 Å². The first kappa shape index (κ1) is 31.1. The number of carbonyl (C=O) groups is 2. The molecule has 2 aromatic carbocycles. The fourth-order valence-electron chi connectivity index (χ4n) is 3.98. The minimum atomic E-state index is -3.92. The molecule has 1 heterocycles. The third-order valence-electron chi connectivity index (χ3n) is 6.17. The lowest BCUT2D eigenvalue weighted by Gasteiger charge is -2.13. The highest BCUT2D eigenvalue weighted by molar-refractivity contribution is 7.89. The van der Waals surface area contributed by atoms with Crippen molar-refractivity contribution in [2.24, 2.45) is 15.4 Å². The van der Waals surface area contributed by atoms with Gasteiger partial charge in [-0.3, -0.25) is 9.59 Å². The number of phenols is 1. The third-order valence-corrected chi connectivity index (χ3v) is 7.84. The lowest BCUT2D eigenvalue weighted by Crippen LogP contribution is -2.14. The van der Waals surface area contributed by atoms with Crippen LogP contribution < -0.4 is 15.8 Å². The number of sulfonamides is 1. The molecule has 0 fully saturated rings. The van der Waals surface area contributed by atoms with Gasteiger partial charge in [-0.2, -0.15) is 4.37 Å². The molecule has 0 aliphatic rings. The molecule has 0 atom stereocenters. The number of azo groups is 1. The molecular weight excluding hydrogens is 552 g/mol. The number of aromatic hydroxyl groups is 1. The van der Waals surface area contributed by atoms with Crippen LogP contribution >= 0.6 is 11.5 Å². The highest BCUT2D eigenvalue weighted by atomic mass is 32.2. The summed E-state index contributed by atoms with van der Waals surface area (Å²) in [5, 5.41) is 30.8. The van der Waals surface area contributed by atoms with Gasteiger partial charge in [0.2, 0.25) is 21.8 Å². The molecule has 0 saturated carbocycles. The van der Waals surface area contributed by atoms with Crippen molar-refractivity contribution in [2.75, 3.05) is 10.6 Å². The van der Waals surface area contributed by atoms with Crippen molar-refractivity contribution in [3.63, 3.8) is 0 Å². The summed E-state index contributed by atoms with van der Waals surface area (Å²) >= 11 is 1.03. The summed E-state index contributed by atoms with van der Waals surface area (Å²) < 4.78 is 27.8. The molecule has 0 radical (unpaired) electrons. The Kier molecular flexibility index (Phi) is 11.5. The minimum absolute atomic E-state index is 0.0749. The largest absolute Gasteiger partial charge is 0.504 e. The Morgan fingerprint density at radius 3 is 2.00 bits per heavy atom. The first-order valence-electron chi connectivity index (χ1n) is 13.4. The van der Waals surface area contributed by atoms with Gasteiger partial charge in [0.05, 0.1) is 27.5 Å². The number of fused-ring (bicyclic) bond motifs is 1. The maximum Gasteiger partial charge on any atom is 0.238 e. The molecule has 216 valence electrons. The molecule has 0 aliphatic carbocycles. The van der Waals surface area contributed by atoms with Crippen molar-refractivity contribution in [1.29, 1.82) is 0 Å². The maximum atomic E-state index is 12.5. The standard InChI is InChI=1S/C27H36N6O5S2/c1-3-5-7-9-11-24(34)29-22-15-18(16-23(26(22)36)30-25(35)12-10-8-6-4-2)31-32-27-20-17-19(40(28,37)38)13-14-21(20)33-39-27/h13-17,36H,3-12H2,1-2H3,(H,29,34)(H,30,35)(H2,28,37,38)/b32-31+. The van der Waals surface area contributed by atoms with E-state index < -0.39 is 10.0 Å². The van der Waals surface area contributed by atoms with Gasteiger partial charge in [-0.25, -0.2) is 13.6 Å². The molecule has 3 aromatic rings. The molecule has 5 N–H and O–H groups in total. The van der Waals surface area contributed by atoms with Crippen molar-refractivity contribution in [1.82, 2.24) is 4.37 Å². The van der Waals surface area contributed by atoms with Gasteiger partial charge in [0.1, 0.15) is 0 Å². The maximum absolute atomic E-state index is 12.5. The number of nitrogens with two attached hydrogens (primary N) is 1. The van der Waals surface area contributed by atoms with Crippen LogP contribution in [0.25, 0.3) is 10.9 Å². The number of hydrogen-bond acceptors (Lipinski definition) is 9. The van der Waals surface area contributed by atoms with E-state index >= 15 is 0 Å². The average Bonchev–Trinajstić information content (AvgIpc) is 3.32. The molecular formula is C27H36N6O5S2. The summed E-state index contributed by atoms with van der Waals surface area (Å²) in [6.45, 7) is 4.18. The Hall–Kier alpha value is -3.42. The van der Waals surface area contributed by atoms with Gasteiger partial charge in [0.25, 0.3) is 0 Å². The second kappa shape index (κ2) is 14.8. The Labute approximate surface area is 238 Å². The number of carbonyl (C=O) groups excluding carboxylic acids is 2. The van der Waals surface area contributed by atoms with E-state index in [1.54, 1.807) is 0 Å². The Balaban J connectivity index is 1.89. The number of aromatic nitrogens is 1. The monoisotopic (exact) mass is 588 g/mol. The van der Waals surface area contributed by atoms with E-state index in [2.05, 4.69) is 39.1 Å². The van der Waals surface area contributed by atoms with Crippen LogP contribution in [0.1, 0.15) is 78.1 Å². The lowest BCUT2D eigenvalue weighted by atomic mass is 10.1. The minimum Gasteiger partial charge on any atom is -0.504 e. The van der Waals surface area contributed by atoms with Crippen molar-refractivity contribution >= 4 is 66.3 Å². The van der Waals surface area contributed by atoms with Crippen LogP contribution in [-0.4, -0.2) is 29.7 Å². The first-order valence-corrected chi connectivity index (χ1v) is 15.7. The van der Waals surface area contributed by atoms with Crippen LogP contribution in [-0.2, 0) is 19.6 Å². The van der Waals surface area contributed by atoms with Gasteiger partial charge in [-0.05, 0) is 54.7 Å². The number of benzene rings is 2. The van der Waals surface area contributed by atoms with Gasteiger partial charge < -0.3 is 15.7 Å². The Morgan fingerprint density at radius 2 is 1.48 bits per heavy atom. The van der Waals surface area contributed by atoms with Gasteiger partial charge in [0, 0.05) is 18.2 Å². The summed E-state index contributed by atoms with van der Waals surface area (Å²) in [5.74, 6) is -0.800. The van der Waals surface area contributed by atoms with Gasteiger partial charge in [0.15, 0.2) is 10.8 Å². The summed E-state index contributed by atoms with van der Waals surface area (Å²) in [7, 11) is -3.92. The number of nitrogens with zero attached hydrogens (tertiary/aromatic N) is 3. The number of primary sulfonamides is 1. The van der Waals surface area contributed by atoms with Crippen LogP contribution in [0.3, 0.4) is 0 Å². The quantitative estimate of drug-likeness (QED) is 0.0854. The molecule has 13 heteroatoms. The number of phenolic OH excluding ortho intramolecular Hbond substituents is 1. The summed E-state index contributed by atoms with van der Waals surface area (Å²) in [5.41, 5.74) is 0.987. The third kappa shape index (κ3) is 9.07. The van der Waals surface area contributed by atoms with Gasteiger partial charge >= 0.3 is 0 Å². The molecule has 40 heavy (non-hydrogen) atoms. The second-order valence-corrected chi connectivity index (χ2v) is 11.8. The van der Waals surface area contributed by atoms with Crippen LogP contribution in [0.5, 0.6) is 5.75 Å². The summed E-state index contributed by atoms with van der Waals surface area (Å²) in [6, 6.07) is 7.20. The summed E-state index contributed by atoms with van der Waals surface area (Å²) in [6.07, 6.45) is 8.07. The number of rotatable bonds is 15. The molecule has 0 bridgehead atoms. The van der Waals surface area contributed by atoms with Crippen LogP contribution in [0.15, 0.2) is 45.5 Å². The number of hydrogen-bond donors (Lipinski definition) is 4. The Bertz CT molecular complexity index is 1420. The number of unbranched alkanes of at least 4 members (excludes halogenated alkanes) is 6. The van der Waals surface area contributed by atoms with E-state index in [9.17, 15) is 23.1 Å².